The number of hydrogen-bond donors (Lipinski definition) is 1. The minimum Gasteiger partial charge on any atom is -0.481 e. The van der Waals surface area contributed by atoms with Crippen LogP contribution >= 0.6 is 0 Å². The number of ether oxygens (including phenoxy) is 2. The fraction of sp³-hybridized carbons (Fsp3) is 0.778. The number of esters is 1. The molecule has 0 aromatic heterocycles. The van der Waals surface area contributed by atoms with Gasteiger partial charge in [0.2, 0.25) is 0 Å². The SMILES string of the molecule is CCCCOC(=O)COCCC(=O)O. The van der Waals surface area contributed by atoms with Crippen LogP contribution in [-0.2, 0) is 19.1 Å². The first kappa shape index (κ1) is 12.9. The van der Waals surface area contributed by atoms with Gasteiger partial charge in [-0.1, -0.05) is 13.3 Å². The normalized spacial score (nSPS) is 9.79. The van der Waals surface area contributed by atoms with E-state index in [1.165, 1.54) is 0 Å². The van der Waals surface area contributed by atoms with Gasteiger partial charge in [-0.05, 0) is 6.42 Å². The number of carbonyl (C=O) groups is 2. The van der Waals surface area contributed by atoms with Crippen molar-refractivity contribution < 1.29 is 24.2 Å². The molecule has 5 nitrogen and oxygen atoms in total. The average Bonchev–Trinajstić information content (AvgIpc) is 2.13. The molecule has 0 radical (unpaired) electrons. The maximum atomic E-state index is 10.9. The summed E-state index contributed by atoms with van der Waals surface area (Å²) in [6.07, 6.45) is 1.70. The minimum atomic E-state index is -0.940. The number of carboxylic acid groups (broad SMARTS) is 1. The van der Waals surface area contributed by atoms with Crippen LogP contribution < -0.4 is 0 Å². The topological polar surface area (TPSA) is 72.8 Å². The smallest absolute Gasteiger partial charge is 0.332 e. The first-order valence-corrected chi connectivity index (χ1v) is 4.62. The highest BCUT2D eigenvalue weighted by Gasteiger charge is 2.03. The third kappa shape index (κ3) is 8.99. The van der Waals surface area contributed by atoms with Crippen molar-refractivity contribution in [2.24, 2.45) is 0 Å². The zero-order valence-corrected chi connectivity index (χ0v) is 8.32. The van der Waals surface area contributed by atoms with Gasteiger partial charge in [0.15, 0.2) is 0 Å². The van der Waals surface area contributed by atoms with E-state index in [1.807, 2.05) is 6.92 Å². The van der Waals surface area contributed by atoms with Gasteiger partial charge in [-0.25, -0.2) is 4.79 Å². The number of aliphatic carboxylic acids is 1. The lowest BCUT2D eigenvalue weighted by Gasteiger charge is -2.03. The van der Waals surface area contributed by atoms with Gasteiger partial charge in [-0.15, -0.1) is 0 Å². The van der Waals surface area contributed by atoms with Crippen molar-refractivity contribution in [2.75, 3.05) is 19.8 Å². The van der Waals surface area contributed by atoms with E-state index in [0.29, 0.717) is 6.61 Å². The fourth-order valence-corrected chi connectivity index (χ4v) is 0.687. The second-order valence-corrected chi connectivity index (χ2v) is 2.77. The zero-order valence-electron chi connectivity index (χ0n) is 8.32. The number of hydrogen-bond acceptors (Lipinski definition) is 4. The lowest BCUT2D eigenvalue weighted by atomic mass is 10.4. The first-order chi connectivity index (χ1) is 6.66. The van der Waals surface area contributed by atoms with Gasteiger partial charge in [-0.3, -0.25) is 4.79 Å². The summed E-state index contributed by atoms with van der Waals surface area (Å²) in [7, 11) is 0. The lowest BCUT2D eigenvalue weighted by molar-refractivity contribution is -0.150. The Hall–Kier alpha value is -1.10. The van der Waals surface area contributed by atoms with Gasteiger partial charge in [0.25, 0.3) is 0 Å². The van der Waals surface area contributed by atoms with Gasteiger partial charge in [0.05, 0.1) is 19.6 Å². The monoisotopic (exact) mass is 204 g/mol. The van der Waals surface area contributed by atoms with Crippen LogP contribution in [0, 0.1) is 0 Å². The highest BCUT2D eigenvalue weighted by molar-refractivity contribution is 5.70. The van der Waals surface area contributed by atoms with Crippen LogP contribution in [-0.4, -0.2) is 36.9 Å². The van der Waals surface area contributed by atoms with E-state index in [1.54, 1.807) is 0 Å². The molecule has 1 N–H and O–H groups in total. The Kier molecular flexibility index (Phi) is 7.83. The summed E-state index contributed by atoms with van der Waals surface area (Å²) in [6, 6.07) is 0. The van der Waals surface area contributed by atoms with E-state index in [4.69, 9.17) is 14.6 Å². The zero-order chi connectivity index (χ0) is 10.8. The van der Waals surface area contributed by atoms with Crippen molar-refractivity contribution in [3.8, 4) is 0 Å². The molecule has 0 fully saturated rings. The number of unbranched alkanes of at least 4 members (excludes halogenated alkanes) is 1. The van der Waals surface area contributed by atoms with E-state index in [-0.39, 0.29) is 19.6 Å². The van der Waals surface area contributed by atoms with Gasteiger partial charge < -0.3 is 14.6 Å². The molecule has 82 valence electrons. The summed E-state index contributed by atoms with van der Waals surface area (Å²) >= 11 is 0. The Bertz CT molecular complexity index is 178. The van der Waals surface area contributed by atoms with E-state index in [9.17, 15) is 9.59 Å². The molecular weight excluding hydrogens is 188 g/mol. The molecule has 14 heavy (non-hydrogen) atoms. The standard InChI is InChI=1S/C9H16O5/c1-2-3-5-14-9(12)7-13-6-4-8(10)11/h2-7H2,1H3,(H,10,11). The van der Waals surface area contributed by atoms with Crippen molar-refractivity contribution in [3.05, 3.63) is 0 Å². The van der Waals surface area contributed by atoms with E-state index >= 15 is 0 Å². The Morgan fingerprint density at radius 1 is 1.29 bits per heavy atom. The van der Waals surface area contributed by atoms with Crippen LogP contribution in [0.5, 0.6) is 0 Å². The predicted octanol–water partition coefficient (Wildman–Crippen LogP) is 0.821. The molecule has 0 aromatic rings. The van der Waals surface area contributed by atoms with E-state index in [0.717, 1.165) is 12.8 Å². The van der Waals surface area contributed by atoms with Crippen LogP contribution in [0.2, 0.25) is 0 Å². The second kappa shape index (κ2) is 8.50. The molecule has 0 heterocycles. The summed E-state index contributed by atoms with van der Waals surface area (Å²) in [5.41, 5.74) is 0. The molecule has 0 saturated heterocycles. The van der Waals surface area contributed by atoms with Crippen molar-refractivity contribution >= 4 is 11.9 Å². The Morgan fingerprint density at radius 2 is 2.00 bits per heavy atom. The highest BCUT2D eigenvalue weighted by Crippen LogP contribution is 1.90. The number of rotatable bonds is 8. The van der Waals surface area contributed by atoms with Gasteiger partial charge in [-0.2, -0.15) is 0 Å². The van der Waals surface area contributed by atoms with Gasteiger partial charge in [0, 0.05) is 0 Å². The molecule has 0 aliphatic rings. The van der Waals surface area contributed by atoms with Gasteiger partial charge >= 0.3 is 11.9 Å². The lowest BCUT2D eigenvalue weighted by Crippen LogP contribution is -2.14. The quantitative estimate of drug-likeness (QED) is 0.468. The van der Waals surface area contributed by atoms with Crippen LogP contribution in [0.4, 0.5) is 0 Å². The van der Waals surface area contributed by atoms with Crippen LogP contribution in [0.15, 0.2) is 0 Å². The molecule has 0 spiro atoms. The summed E-state index contributed by atoms with van der Waals surface area (Å²) in [4.78, 5) is 20.9. The summed E-state index contributed by atoms with van der Waals surface area (Å²) in [5.74, 6) is -1.38. The Labute approximate surface area is 83.0 Å². The molecule has 0 atom stereocenters. The van der Waals surface area contributed by atoms with Crippen molar-refractivity contribution in [1.82, 2.24) is 0 Å². The van der Waals surface area contributed by atoms with Crippen LogP contribution in [0.25, 0.3) is 0 Å². The molecule has 0 amide bonds. The summed E-state index contributed by atoms with van der Waals surface area (Å²) < 4.78 is 9.56. The number of carboxylic acids is 1. The predicted molar refractivity (Wildman–Crippen MR) is 48.9 cm³/mol. The maximum Gasteiger partial charge on any atom is 0.332 e. The summed E-state index contributed by atoms with van der Waals surface area (Å²) in [5, 5.41) is 8.26. The molecular formula is C9H16O5. The van der Waals surface area contributed by atoms with Crippen molar-refractivity contribution in [1.29, 1.82) is 0 Å². The van der Waals surface area contributed by atoms with E-state index in [2.05, 4.69) is 0 Å². The highest BCUT2D eigenvalue weighted by atomic mass is 16.6. The molecule has 0 rings (SSSR count). The Balaban J connectivity index is 3.22. The number of carbonyl (C=O) groups excluding carboxylic acids is 1. The molecule has 0 bridgehead atoms. The molecule has 0 aromatic carbocycles. The molecule has 0 aliphatic heterocycles. The third-order valence-electron chi connectivity index (χ3n) is 1.44. The second-order valence-electron chi connectivity index (χ2n) is 2.77. The Morgan fingerprint density at radius 3 is 2.57 bits per heavy atom. The molecule has 0 aliphatic carbocycles. The van der Waals surface area contributed by atoms with Crippen molar-refractivity contribution in [3.63, 3.8) is 0 Å². The minimum absolute atomic E-state index is 0.0399. The van der Waals surface area contributed by atoms with Crippen molar-refractivity contribution in [2.45, 2.75) is 26.2 Å². The summed E-state index contributed by atoms with van der Waals surface area (Å²) in [6.45, 7) is 2.27. The molecule has 5 heteroatoms. The van der Waals surface area contributed by atoms with Crippen LogP contribution in [0.3, 0.4) is 0 Å². The van der Waals surface area contributed by atoms with Crippen LogP contribution in [0.1, 0.15) is 26.2 Å². The largest absolute Gasteiger partial charge is 0.481 e. The average molecular weight is 204 g/mol. The first-order valence-electron chi connectivity index (χ1n) is 4.62. The fourth-order valence-electron chi connectivity index (χ4n) is 0.687. The molecule has 0 unspecified atom stereocenters. The third-order valence-corrected chi connectivity index (χ3v) is 1.44. The molecule has 0 saturated carbocycles. The maximum absolute atomic E-state index is 10.9. The van der Waals surface area contributed by atoms with E-state index < -0.39 is 11.9 Å². The van der Waals surface area contributed by atoms with Gasteiger partial charge in [0.1, 0.15) is 6.61 Å².